The van der Waals surface area contributed by atoms with Gasteiger partial charge in [0.05, 0.1) is 13.7 Å². The summed E-state index contributed by atoms with van der Waals surface area (Å²) < 4.78 is 4.55. The first-order valence-electron chi connectivity index (χ1n) is 3.98. The first-order valence-corrected chi connectivity index (χ1v) is 3.98. The third kappa shape index (κ3) is 1.47. The zero-order chi connectivity index (χ0) is 10.9. The number of aliphatic hydroxyl groups is 4. The molecule has 80 valence electrons. The summed E-state index contributed by atoms with van der Waals surface area (Å²) in [6.45, 7) is -0.818. The highest BCUT2D eigenvalue weighted by Crippen LogP contribution is 2.29. The third-order valence-corrected chi connectivity index (χ3v) is 2.19. The Balaban J connectivity index is 3.09. The highest BCUT2D eigenvalue weighted by Gasteiger charge is 2.47. The monoisotopic (exact) mass is 204 g/mol. The van der Waals surface area contributed by atoms with E-state index < -0.39 is 36.3 Å². The topological polar surface area (TPSA) is 107 Å². The molecule has 1 aliphatic carbocycles. The summed E-state index contributed by atoms with van der Waals surface area (Å²) in [6, 6.07) is 0. The Morgan fingerprint density at radius 2 is 2.21 bits per heavy atom. The van der Waals surface area contributed by atoms with Crippen LogP contribution in [0.2, 0.25) is 0 Å². The van der Waals surface area contributed by atoms with E-state index in [1.165, 1.54) is 7.11 Å². The van der Waals surface area contributed by atoms with Crippen LogP contribution >= 0.6 is 0 Å². The van der Waals surface area contributed by atoms with E-state index in [9.17, 15) is 20.1 Å². The first kappa shape index (κ1) is 11.0. The highest BCUT2D eigenvalue weighted by atomic mass is 16.5. The summed E-state index contributed by atoms with van der Waals surface area (Å²) in [5.74, 6) is -1.79. The number of hydrogen-bond acceptors (Lipinski definition) is 6. The van der Waals surface area contributed by atoms with E-state index in [2.05, 4.69) is 4.74 Å². The van der Waals surface area contributed by atoms with E-state index in [-0.39, 0.29) is 5.76 Å². The largest absolute Gasteiger partial charge is 0.508 e. The summed E-state index contributed by atoms with van der Waals surface area (Å²) in [5, 5.41) is 36.9. The van der Waals surface area contributed by atoms with Crippen LogP contribution in [0.5, 0.6) is 0 Å². The van der Waals surface area contributed by atoms with Crippen molar-refractivity contribution in [2.45, 2.75) is 18.1 Å². The lowest BCUT2D eigenvalue weighted by atomic mass is 9.84. The Morgan fingerprint density at radius 3 is 2.64 bits per heavy atom. The molecular weight excluding hydrogens is 192 g/mol. The fraction of sp³-hybridized carbons (Fsp3) is 0.625. The van der Waals surface area contributed by atoms with Gasteiger partial charge in [0.1, 0.15) is 11.4 Å². The second-order valence-corrected chi connectivity index (χ2v) is 3.19. The van der Waals surface area contributed by atoms with Gasteiger partial charge < -0.3 is 25.2 Å². The van der Waals surface area contributed by atoms with Crippen molar-refractivity contribution in [1.82, 2.24) is 0 Å². The number of carbonyl (C=O) groups is 1. The molecule has 0 aromatic carbocycles. The number of carbonyl (C=O) groups excluding carboxylic acids is 1. The molecule has 0 aromatic heterocycles. The molecule has 4 N–H and O–H groups in total. The molecule has 0 radical (unpaired) electrons. The molecule has 6 nitrogen and oxygen atoms in total. The van der Waals surface area contributed by atoms with Crippen molar-refractivity contribution in [3.05, 3.63) is 11.5 Å². The molecule has 0 aromatic rings. The molecule has 1 aliphatic rings. The van der Waals surface area contributed by atoms with Gasteiger partial charge in [-0.2, -0.15) is 0 Å². The molecule has 0 amide bonds. The molecule has 6 heteroatoms. The molecule has 0 bridgehead atoms. The summed E-state index contributed by atoms with van der Waals surface area (Å²) >= 11 is 0. The maximum Gasteiger partial charge on any atom is 0.232 e. The van der Waals surface area contributed by atoms with E-state index in [0.29, 0.717) is 0 Å². The second kappa shape index (κ2) is 3.56. The second-order valence-electron chi connectivity index (χ2n) is 3.19. The first-order chi connectivity index (χ1) is 6.46. The van der Waals surface area contributed by atoms with E-state index in [0.717, 1.165) is 0 Å². The summed E-state index contributed by atoms with van der Waals surface area (Å²) in [6.07, 6.45) is -2.20. The van der Waals surface area contributed by atoms with Gasteiger partial charge in [0, 0.05) is 6.42 Å². The number of Topliss-reactive ketones (excluding diaryl/α,β-unsaturated/α-hetero) is 1. The van der Waals surface area contributed by atoms with E-state index >= 15 is 0 Å². The van der Waals surface area contributed by atoms with E-state index in [1.54, 1.807) is 0 Å². The van der Waals surface area contributed by atoms with Gasteiger partial charge in [-0.05, 0) is 0 Å². The molecule has 2 atom stereocenters. The average Bonchev–Trinajstić information content (AvgIpc) is 2.15. The number of ether oxygens (including phenoxy) is 1. The van der Waals surface area contributed by atoms with Gasteiger partial charge in [-0.25, -0.2) is 0 Å². The van der Waals surface area contributed by atoms with Crippen LogP contribution in [0.4, 0.5) is 0 Å². The lowest BCUT2D eigenvalue weighted by Gasteiger charge is -2.33. The maximum atomic E-state index is 11.3. The molecule has 0 saturated carbocycles. The van der Waals surface area contributed by atoms with Crippen molar-refractivity contribution in [2.24, 2.45) is 0 Å². The van der Waals surface area contributed by atoms with Gasteiger partial charge in [-0.15, -0.1) is 0 Å². The number of hydrogen-bond donors (Lipinski definition) is 4. The molecular formula is C8H12O6. The maximum absolute atomic E-state index is 11.3. The van der Waals surface area contributed by atoms with E-state index in [1.807, 2.05) is 0 Å². The van der Waals surface area contributed by atoms with Gasteiger partial charge in [-0.3, -0.25) is 4.79 Å². The number of aliphatic hydroxyl groups excluding tert-OH is 3. The van der Waals surface area contributed by atoms with Crippen LogP contribution in [0, 0.1) is 0 Å². The average molecular weight is 204 g/mol. The lowest BCUT2D eigenvalue weighted by Crippen LogP contribution is -2.53. The van der Waals surface area contributed by atoms with E-state index in [4.69, 9.17) is 5.11 Å². The summed E-state index contributed by atoms with van der Waals surface area (Å²) in [5.41, 5.74) is -2.02. The van der Waals surface area contributed by atoms with Crippen LogP contribution in [0.15, 0.2) is 11.5 Å². The molecule has 0 aliphatic heterocycles. The van der Waals surface area contributed by atoms with Crippen LogP contribution in [-0.4, -0.2) is 51.6 Å². The smallest absolute Gasteiger partial charge is 0.232 e. The molecule has 2 unspecified atom stereocenters. The van der Waals surface area contributed by atoms with Crippen molar-refractivity contribution in [3.63, 3.8) is 0 Å². The zero-order valence-corrected chi connectivity index (χ0v) is 7.60. The normalized spacial score (nSPS) is 33.4. The van der Waals surface area contributed by atoms with Crippen molar-refractivity contribution in [1.29, 1.82) is 0 Å². The molecule has 1 rings (SSSR count). The Kier molecular flexibility index (Phi) is 2.79. The fourth-order valence-corrected chi connectivity index (χ4v) is 1.34. The van der Waals surface area contributed by atoms with Crippen LogP contribution in [0.3, 0.4) is 0 Å². The van der Waals surface area contributed by atoms with Crippen molar-refractivity contribution < 1.29 is 30.0 Å². The lowest BCUT2D eigenvalue weighted by molar-refractivity contribution is -0.154. The Morgan fingerprint density at radius 1 is 1.64 bits per heavy atom. The molecule has 0 heterocycles. The standard InChI is InChI=1S/C8H12O6/c1-14-6-4(10)2-8(13,3-9)7(12)5(6)11/h7,9-10,12-13H,2-3H2,1H3. The van der Waals surface area contributed by atoms with Gasteiger partial charge in [0.15, 0.2) is 6.10 Å². The van der Waals surface area contributed by atoms with Gasteiger partial charge >= 0.3 is 0 Å². The van der Waals surface area contributed by atoms with Crippen molar-refractivity contribution >= 4 is 5.78 Å². The van der Waals surface area contributed by atoms with Gasteiger partial charge in [0.2, 0.25) is 11.5 Å². The highest BCUT2D eigenvalue weighted by molar-refractivity contribution is 5.99. The SMILES string of the molecule is COC1=C(O)CC(O)(CO)C(O)C1=O. The minimum atomic E-state index is -2.02. The Labute approximate surface area is 80.1 Å². The van der Waals surface area contributed by atoms with Crippen LogP contribution in [0.1, 0.15) is 6.42 Å². The molecule has 0 fully saturated rings. The molecule has 14 heavy (non-hydrogen) atoms. The molecule has 0 spiro atoms. The van der Waals surface area contributed by atoms with Crippen molar-refractivity contribution in [2.75, 3.05) is 13.7 Å². The minimum Gasteiger partial charge on any atom is -0.508 e. The zero-order valence-electron chi connectivity index (χ0n) is 7.60. The Bertz CT molecular complexity index is 284. The van der Waals surface area contributed by atoms with Crippen LogP contribution in [0.25, 0.3) is 0 Å². The summed E-state index contributed by atoms with van der Waals surface area (Å²) in [7, 11) is 1.17. The summed E-state index contributed by atoms with van der Waals surface area (Å²) in [4.78, 5) is 11.3. The number of rotatable bonds is 2. The predicted octanol–water partition coefficient (Wildman–Crippen LogP) is -1.54. The fourth-order valence-electron chi connectivity index (χ4n) is 1.34. The Hall–Kier alpha value is -1.11. The van der Waals surface area contributed by atoms with Gasteiger partial charge in [0.25, 0.3) is 0 Å². The van der Waals surface area contributed by atoms with Crippen LogP contribution in [-0.2, 0) is 9.53 Å². The number of ketones is 1. The molecule has 0 saturated heterocycles. The number of methoxy groups -OCH3 is 1. The predicted molar refractivity (Wildman–Crippen MR) is 44.3 cm³/mol. The van der Waals surface area contributed by atoms with Crippen LogP contribution < -0.4 is 0 Å². The third-order valence-electron chi connectivity index (χ3n) is 2.19. The minimum absolute atomic E-state index is 0.379. The van der Waals surface area contributed by atoms with Gasteiger partial charge in [-0.1, -0.05) is 0 Å². The quantitative estimate of drug-likeness (QED) is 0.434. The van der Waals surface area contributed by atoms with Crippen molar-refractivity contribution in [3.8, 4) is 0 Å².